The molecule has 1 aliphatic heterocycles. The van der Waals surface area contributed by atoms with Crippen molar-refractivity contribution in [3.63, 3.8) is 0 Å². The molecule has 150 valence electrons. The van der Waals surface area contributed by atoms with Gasteiger partial charge in [0.15, 0.2) is 5.96 Å². The highest BCUT2D eigenvalue weighted by Gasteiger charge is 2.28. The second-order valence-corrected chi connectivity index (χ2v) is 6.83. The van der Waals surface area contributed by atoms with E-state index in [2.05, 4.69) is 34.4 Å². The largest absolute Gasteiger partial charge is 0.466 e. The maximum Gasteiger partial charge on any atom is 0.310 e. The monoisotopic (exact) mass is 383 g/mol. The van der Waals surface area contributed by atoms with Gasteiger partial charge >= 0.3 is 5.97 Å². The number of ether oxygens (including phenoxy) is 1. The van der Waals surface area contributed by atoms with Crippen molar-refractivity contribution in [1.29, 1.82) is 0 Å². The summed E-state index contributed by atoms with van der Waals surface area (Å²) in [5, 5.41) is 7.64. The Kier molecular flexibility index (Phi) is 7.06. The molecule has 1 aliphatic rings. The highest BCUT2D eigenvalue weighted by atomic mass is 16.5. The van der Waals surface area contributed by atoms with Crippen LogP contribution in [0.2, 0.25) is 0 Å². The lowest BCUT2D eigenvalue weighted by molar-refractivity contribution is -0.149. The first-order chi connectivity index (χ1) is 13.7. The van der Waals surface area contributed by atoms with E-state index in [0.29, 0.717) is 19.7 Å². The van der Waals surface area contributed by atoms with Crippen LogP contribution in [0.3, 0.4) is 0 Å². The number of nitrogens with zero attached hydrogens (tertiary/aromatic N) is 4. The number of esters is 1. The Bertz CT molecular complexity index is 788. The maximum atomic E-state index is 12.1. The van der Waals surface area contributed by atoms with E-state index in [-0.39, 0.29) is 11.9 Å². The zero-order chi connectivity index (χ0) is 19.8. The van der Waals surface area contributed by atoms with Crippen molar-refractivity contribution in [1.82, 2.24) is 20.0 Å². The number of likely N-dealkylation sites (tertiary alicyclic amines) is 1. The molecule has 7 nitrogen and oxygen atoms in total. The lowest BCUT2D eigenvalue weighted by Crippen LogP contribution is -2.48. The van der Waals surface area contributed by atoms with E-state index in [0.717, 1.165) is 43.1 Å². The van der Waals surface area contributed by atoms with E-state index >= 15 is 0 Å². The van der Waals surface area contributed by atoms with Crippen LogP contribution in [0.25, 0.3) is 5.69 Å². The van der Waals surface area contributed by atoms with E-state index in [1.807, 2.05) is 36.0 Å². The van der Waals surface area contributed by atoms with Gasteiger partial charge in [-0.3, -0.25) is 4.79 Å². The Hall–Kier alpha value is -2.83. The van der Waals surface area contributed by atoms with Gasteiger partial charge in [-0.05, 0) is 50.5 Å². The number of carbonyl (C=O) groups excluding carboxylic acids is 1. The zero-order valence-corrected chi connectivity index (χ0v) is 16.7. The molecule has 1 saturated heterocycles. The van der Waals surface area contributed by atoms with Crippen LogP contribution in [-0.4, -0.2) is 52.9 Å². The number of piperidine rings is 1. The number of rotatable bonds is 6. The molecule has 28 heavy (non-hydrogen) atoms. The molecule has 1 N–H and O–H groups in total. The Balaban J connectivity index is 1.70. The molecule has 3 rings (SSSR count). The first-order valence-electron chi connectivity index (χ1n) is 10.00. The highest BCUT2D eigenvalue weighted by Crippen LogP contribution is 2.18. The van der Waals surface area contributed by atoms with Crippen LogP contribution in [0.4, 0.5) is 0 Å². The molecule has 0 amide bonds. The van der Waals surface area contributed by atoms with E-state index in [1.54, 1.807) is 6.20 Å². The first kappa shape index (κ1) is 19.9. The maximum absolute atomic E-state index is 12.1. The van der Waals surface area contributed by atoms with Crippen molar-refractivity contribution in [2.45, 2.75) is 33.2 Å². The van der Waals surface area contributed by atoms with E-state index < -0.39 is 0 Å². The Morgan fingerprint density at radius 2 is 2.25 bits per heavy atom. The van der Waals surface area contributed by atoms with Crippen molar-refractivity contribution in [3.05, 3.63) is 48.3 Å². The van der Waals surface area contributed by atoms with Crippen LogP contribution < -0.4 is 5.32 Å². The van der Waals surface area contributed by atoms with Crippen LogP contribution in [0.15, 0.2) is 47.7 Å². The fraction of sp³-hybridized carbons (Fsp3) is 0.476. The van der Waals surface area contributed by atoms with Gasteiger partial charge in [-0.15, -0.1) is 0 Å². The SMILES string of the molecule is CCNC(=NCc1cccc(-n2cccn2)c1)N1CCC[C@H](C(=O)OCC)C1. The summed E-state index contributed by atoms with van der Waals surface area (Å²) in [4.78, 5) is 19.1. The van der Waals surface area contributed by atoms with E-state index in [4.69, 9.17) is 9.73 Å². The molecule has 0 bridgehead atoms. The molecule has 0 unspecified atom stereocenters. The number of nitrogens with one attached hydrogen (secondary N) is 1. The molecule has 1 aromatic heterocycles. The third kappa shape index (κ3) is 5.12. The molecule has 2 heterocycles. The normalized spacial score (nSPS) is 17.4. The molecule has 1 aromatic carbocycles. The Morgan fingerprint density at radius 3 is 3.00 bits per heavy atom. The summed E-state index contributed by atoms with van der Waals surface area (Å²) in [5.41, 5.74) is 2.13. The van der Waals surface area contributed by atoms with Crippen molar-refractivity contribution in [3.8, 4) is 5.69 Å². The number of carbonyl (C=O) groups is 1. The van der Waals surface area contributed by atoms with Crippen molar-refractivity contribution >= 4 is 11.9 Å². The van der Waals surface area contributed by atoms with Crippen molar-refractivity contribution < 1.29 is 9.53 Å². The number of hydrogen-bond donors (Lipinski definition) is 1. The van der Waals surface area contributed by atoms with Gasteiger partial charge in [0.2, 0.25) is 0 Å². The third-order valence-corrected chi connectivity index (χ3v) is 4.77. The van der Waals surface area contributed by atoms with Gasteiger partial charge in [0.25, 0.3) is 0 Å². The molecule has 1 fully saturated rings. The predicted octanol–water partition coefficient (Wildman–Crippen LogP) is 2.61. The molecule has 0 saturated carbocycles. The summed E-state index contributed by atoms with van der Waals surface area (Å²) in [6, 6.07) is 10.1. The minimum Gasteiger partial charge on any atom is -0.466 e. The van der Waals surface area contributed by atoms with Crippen molar-refractivity contribution in [2.75, 3.05) is 26.2 Å². The summed E-state index contributed by atoms with van der Waals surface area (Å²) < 4.78 is 7.05. The fourth-order valence-corrected chi connectivity index (χ4v) is 3.43. The minimum absolute atomic E-state index is 0.0827. The van der Waals surface area contributed by atoms with Crippen LogP contribution in [0, 0.1) is 5.92 Å². The zero-order valence-electron chi connectivity index (χ0n) is 16.7. The summed E-state index contributed by atoms with van der Waals surface area (Å²) in [6.07, 6.45) is 5.53. The summed E-state index contributed by atoms with van der Waals surface area (Å²) in [6.45, 7) is 7.23. The topological polar surface area (TPSA) is 71.8 Å². The molecular formula is C21H29N5O2. The van der Waals surface area contributed by atoms with Crippen LogP contribution in [0.5, 0.6) is 0 Å². The van der Waals surface area contributed by atoms with Crippen LogP contribution in [0.1, 0.15) is 32.3 Å². The van der Waals surface area contributed by atoms with E-state index in [1.165, 1.54) is 0 Å². The predicted molar refractivity (Wildman–Crippen MR) is 109 cm³/mol. The lowest BCUT2D eigenvalue weighted by atomic mass is 9.98. The molecule has 0 spiro atoms. The highest BCUT2D eigenvalue weighted by molar-refractivity contribution is 5.81. The molecule has 0 radical (unpaired) electrons. The first-order valence-corrected chi connectivity index (χ1v) is 10.00. The van der Waals surface area contributed by atoms with Gasteiger partial charge in [0, 0.05) is 32.0 Å². The van der Waals surface area contributed by atoms with Gasteiger partial charge in [-0.1, -0.05) is 12.1 Å². The standard InChI is InChI=1S/C21H29N5O2/c1-3-22-21(25-12-6-9-18(16-25)20(27)28-4-2)23-15-17-8-5-10-19(14-17)26-13-7-11-24-26/h5,7-8,10-11,13-14,18H,3-4,6,9,12,15-16H2,1-2H3,(H,22,23)/t18-/m0/s1. The van der Waals surface area contributed by atoms with Gasteiger partial charge in [-0.2, -0.15) is 5.10 Å². The second-order valence-electron chi connectivity index (χ2n) is 6.83. The fourth-order valence-electron chi connectivity index (χ4n) is 3.43. The summed E-state index contributed by atoms with van der Waals surface area (Å²) in [7, 11) is 0. The van der Waals surface area contributed by atoms with Gasteiger partial charge < -0.3 is 15.0 Å². The lowest BCUT2D eigenvalue weighted by Gasteiger charge is -2.34. The Labute approximate surface area is 166 Å². The molecule has 0 aliphatic carbocycles. The average Bonchev–Trinajstić information content (AvgIpc) is 3.26. The molecule has 2 aromatic rings. The number of aliphatic imine (C=N–C) groups is 1. The number of aromatic nitrogens is 2. The number of hydrogen-bond acceptors (Lipinski definition) is 4. The average molecular weight is 383 g/mol. The Morgan fingerprint density at radius 1 is 1.36 bits per heavy atom. The summed E-state index contributed by atoms with van der Waals surface area (Å²) >= 11 is 0. The quantitative estimate of drug-likeness (QED) is 0.472. The third-order valence-electron chi connectivity index (χ3n) is 4.77. The number of benzene rings is 1. The minimum atomic E-state index is -0.102. The van der Waals surface area contributed by atoms with Gasteiger partial charge in [0.1, 0.15) is 0 Å². The van der Waals surface area contributed by atoms with E-state index in [9.17, 15) is 4.79 Å². The van der Waals surface area contributed by atoms with Gasteiger partial charge in [-0.25, -0.2) is 9.67 Å². The second kappa shape index (κ2) is 9.92. The van der Waals surface area contributed by atoms with Crippen LogP contribution in [-0.2, 0) is 16.1 Å². The molecular weight excluding hydrogens is 354 g/mol. The molecule has 1 atom stereocenters. The smallest absolute Gasteiger partial charge is 0.310 e. The number of guanidine groups is 1. The van der Waals surface area contributed by atoms with Gasteiger partial charge in [0.05, 0.1) is 24.8 Å². The molecule has 7 heteroatoms. The summed E-state index contributed by atoms with van der Waals surface area (Å²) in [5.74, 6) is 0.664. The van der Waals surface area contributed by atoms with Crippen LogP contribution >= 0.6 is 0 Å². The van der Waals surface area contributed by atoms with Crippen molar-refractivity contribution in [2.24, 2.45) is 10.9 Å².